The second-order valence-corrected chi connectivity index (χ2v) is 7.38. The first-order valence-electron chi connectivity index (χ1n) is 10.3. The zero-order valence-electron chi connectivity index (χ0n) is 16.6. The minimum Gasteiger partial charge on any atom is -0.372 e. The van der Waals surface area contributed by atoms with Crippen molar-refractivity contribution in [2.24, 2.45) is 0 Å². The van der Waals surface area contributed by atoms with Gasteiger partial charge in [0.2, 0.25) is 0 Å². The zero-order valence-corrected chi connectivity index (χ0v) is 16.6. The summed E-state index contributed by atoms with van der Waals surface area (Å²) in [5, 5.41) is 5.18. The predicted octanol–water partition coefficient (Wildman–Crippen LogP) is 3.18. The van der Waals surface area contributed by atoms with Crippen molar-refractivity contribution in [3.8, 4) is 0 Å². The molecule has 6 heteroatoms. The van der Waals surface area contributed by atoms with Gasteiger partial charge in [-0.1, -0.05) is 37.1 Å². The molecule has 0 saturated carbocycles. The van der Waals surface area contributed by atoms with Crippen LogP contribution in [0.15, 0.2) is 48.5 Å². The molecule has 0 unspecified atom stereocenters. The summed E-state index contributed by atoms with van der Waals surface area (Å²) >= 11 is 0. The highest BCUT2D eigenvalue weighted by Crippen LogP contribution is 2.20. The first kappa shape index (κ1) is 20.8. The van der Waals surface area contributed by atoms with E-state index in [1.165, 1.54) is 43.5 Å². The van der Waals surface area contributed by atoms with Gasteiger partial charge in [0, 0.05) is 31.9 Å². The molecule has 2 aromatic rings. The van der Waals surface area contributed by atoms with Crippen LogP contribution in [0.2, 0.25) is 0 Å². The van der Waals surface area contributed by atoms with Crippen LogP contribution in [0.4, 0.5) is 10.1 Å². The number of hydrogen-bond donors (Lipinski definition) is 2. The van der Waals surface area contributed by atoms with Crippen LogP contribution < -0.4 is 15.5 Å². The van der Waals surface area contributed by atoms with Crippen LogP contribution in [0, 0.1) is 5.82 Å². The highest BCUT2D eigenvalue weighted by Gasteiger charge is 2.13. The largest absolute Gasteiger partial charge is 0.372 e. The minimum absolute atomic E-state index is 0.185. The molecule has 0 radical (unpaired) electrons. The molecule has 1 aliphatic rings. The van der Waals surface area contributed by atoms with Gasteiger partial charge < -0.3 is 15.5 Å². The monoisotopic (exact) mass is 397 g/mol. The molecule has 2 aromatic carbocycles. The van der Waals surface area contributed by atoms with Gasteiger partial charge in [-0.25, -0.2) is 4.39 Å². The maximum absolute atomic E-state index is 12.9. The third-order valence-corrected chi connectivity index (χ3v) is 5.18. The molecule has 154 valence electrons. The molecule has 1 aliphatic heterocycles. The fraction of sp³-hybridized carbons (Fsp3) is 0.391. The van der Waals surface area contributed by atoms with Gasteiger partial charge in [0.25, 0.3) is 0 Å². The molecule has 2 N–H and O–H groups in total. The van der Waals surface area contributed by atoms with Crippen molar-refractivity contribution in [3.63, 3.8) is 0 Å². The lowest BCUT2D eigenvalue weighted by atomic mass is 10.1. The first-order chi connectivity index (χ1) is 14.1. The summed E-state index contributed by atoms with van der Waals surface area (Å²) in [5.74, 6) is -1.68. The second kappa shape index (κ2) is 10.6. The lowest BCUT2D eigenvalue weighted by Crippen LogP contribution is -2.40. The van der Waals surface area contributed by atoms with Crippen molar-refractivity contribution in [1.29, 1.82) is 0 Å². The summed E-state index contributed by atoms with van der Waals surface area (Å²) in [4.78, 5) is 26.2. The Labute approximate surface area is 171 Å². The predicted molar refractivity (Wildman–Crippen MR) is 112 cm³/mol. The maximum Gasteiger partial charge on any atom is 0.309 e. The average Bonchev–Trinajstić information content (AvgIpc) is 3.03. The zero-order chi connectivity index (χ0) is 20.5. The van der Waals surface area contributed by atoms with Crippen LogP contribution in [0.1, 0.15) is 36.8 Å². The van der Waals surface area contributed by atoms with Crippen LogP contribution >= 0.6 is 0 Å². The van der Waals surface area contributed by atoms with Crippen molar-refractivity contribution in [2.75, 3.05) is 24.5 Å². The third kappa shape index (κ3) is 6.59. The minimum atomic E-state index is -0.689. The molecular formula is C23H28FN3O2. The number of nitrogens with one attached hydrogen (secondary N) is 2. The lowest BCUT2D eigenvalue weighted by molar-refractivity contribution is -0.139. The van der Waals surface area contributed by atoms with E-state index >= 15 is 0 Å². The van der Waals surface area contributed by atoms with Gasteiger partial charge in [0.05, 0.1) is 0 Å². The number of benzene rings is 2. The number of halogens is 1. The Kier molecular flexibility index (Phi) is 7.61. The number of carbonyl (C=O) groups excluding carboxylic acids is 2. The van der Waals surface area contributed by atoms with E-state index in [0.717, 1.165) is 24.2 Å². The smallest absolute Gasteiger partial charge is 0.309 e. The summed E-state index contributed by atoms with van der Waals surface area (Å²) in [5.41, 5.74) is 3.10. The molecule has 2 amide bonds. The molecule has 5 nitrogen and oxygen atoms in total. The molecule has 0 aromatic heterocycles. The molecule has 0 aliphatic carbocycles. The van der Waals surface area contributed by atoms with Crippen LogP contribution in [-0.4, -0.2) is 31.4 Å². The summed E-state index contributed by atoms with van der Waals surface area (Å²) in [7, 11) is 0. The Balaban J connectivity index is 1.38. The number of hydrogen-bond acceptors (Lipinski definition) is 3. The van der Waals surface area contributed by atoms with E-state index in [-0.39, 0.29) is 12.4 Å². The van der Waals surface area contributed by atoms with E-state index in [2.05, 4.69) is 39.8 Å². The van der Waals surface area contributed by atoms with Gasteiger partial charge in [0.1, 0.15) is 5.82 Å². The molecule has 1 saturated heterocycles. The van der Waals surface area contributed by atoms with E-state index in [1.807, 2.05) is 0 Å². The summed E-state index contributed by atoms with van der Waals surface area (Å²) in [6.45, 7) is 2.81. The standard InChI is InChI=1S/C23H28FN3O2/c24-20-9-5-19(6-10-20)17-26-23(29)22(28)25-14-13-18-7-11-21(12-8-18)27-15-3-1-2-4-16-27/h5-12H,1-4,13-17H2,(H,25,28)(H,26,29). The molecule has 1 heterocycles. The van der Waals surface area contributed by atoms with Gasteiger partial charge in [-0.15, -0.1) is 0 Å². The topological polar surface area (TPSA) is 61.4 Å². The molecular weight excluding hydrogens is 369 g/mol. The fourth-order valence-electron chi connectivity index (χ4n) is 3.47. The number of amides is 2. The van der Waals surface area contributed by atoms with Crippen molar-refractivity contribution >= 4 is 17.5 Å². The molecule has 29 heavy (non-hydrogen) atoms. The third-order valence-electron chi connectivity index (χ3n) is 5.18. The molecule has 0 spiro atoms. The van der Waals surface area contributed by atoms with Gasteiger partial charge in [-0.2, -0.15) is 0 Å². The molecule has 3 rings (SSSR count). The Bertz CT molecular complexity index is 798. The fourth-order valence-corrected chi connectivity index (χ4v) is 3.47. The van der Waals surface area contributed by atoms with Crippen molar-refractivity contribution in [2.45, 2.75) is 38.6 Å². The van der Waals surface area contributed by atoms with Crippen LogP contribution in [0.3, 0.4) is 0 Å². The highest BCUT2D eigenvalue weighted by atomic mass is 19.1. The lowest BCUT2D eigenvalue weighted by Gasteiger charge is -2.22. The number of rotatable bonds is 6. The summed E-state index contributed by atoms with van der Waals surface area (Å²) < 4.78 is 12.9. The van der Waals surface area contributed by atoms with Gasteiger partial charge in [0.15, 0.2) is 0 Å². The van der Waals surface area contributed by atoms with Gasteiger partial charge >= 0.3 is 11.8 Å². The quantitative estimate of drug-likeness (QED) is 0.736. The van der Waals surface area contributed by atoms with E-state index in [9.17, 15) is 14.0 Å². The second-order valence-electron chi connectivity index (χ2n) is 7.38. The molecule has 1 fully saturated rings. The average molecular weight is 397 g/mol. The van der Waals surface area contributed by atoms with Crippen LogP contribution in [0.5, 0.6) is 0 Å². The van der Waals surface area contributed by atoms with Gasteiger partial charge in [-0.05, 0) is 54.7 Å². The van der Waals surface area contributed by atoms with Crippen molar-refractivity contribution in [3.05, 3.63) is 65.5 Å². The SMILES string of the molecule is O=C(NCCc1ccc(N2CCCCCC2)cc1)C(=O)NCc1ccc(F)cc1. The Morgan fingerprint density at radius 3 is 2.03 bits per heavy atom. The highest BCUT2D eigenvalue weighted by molar-refractivity contribution is 6.35. The first-order valence-corrected chi connectivity index (χ1v) is 10.3. The number of anilines is 1. The number of nitrogens with zero attached hydrogens (tertiary/aromatic N) is 1. The van der Waals surface area contributed by atoms with Gasteiger partial charge in [-0.3, -0.25) is 9.59 Å². The van der Waals surface area contributed by atoms with E-state index in [1.54, 1.807) is 12.1 Å². The van der Waals surface area contributed by atoms with Crippen LogP contribution in [0.25, 0.3) is 0 Å². The normalized spacial score (nSPS) is 14.2. The molecule has 0 bridgehead atoms. The Morgan fingerprint density at radius 1 is 0.793 bits per heavy atom. The van der Waals surface area contributed by atoms with E-state index < -0.39 is 11.8 Å². The van der Waals surface area contributed by atoms with Crippen LogP contribution in [-0.2, 0) is 22.6 Å². The van der Waals surface area contributed by atoms with E-state index in [0.29, 0.717) is 13.0 Å². The van der Waals surface area contributed by atoms with Crippen molar-refractivity contribution in [1.82, 2.24) is 10.6 Å². The Morgan fingerprint density at radius 2 is 1.38 bits per heavy atom. The summed E-state index contributed by atoms with van der Waals surface area (Å²) in [6, 6.07) is 14.2. The van der Waals surface area contributed by atoms with Crippen molar-refractivity contribution < 1.29 is 14.0 Å². The Hall–Kier alpha value is -2.89. The molecule has 0 atom stereocenters. The van der Waals surface area contributed by atoms with E-state index in [4.69, 9.17) is 0 Å². The summed E-state index contributed by atoms with van der Waals surface area (Å²) in [6.07, 6.45) is 5.78. The maximum atomic E-state index is 12.9. The number of carbonyl (C=O) groups is 2.